The predicted octanol–water partition coefficient (Wildman–Crippen LogP) is 2.85. The van der Waals surface area contributed by atoms with Crippen molar-refractivity contribution in [3.05, 3.63) is 33.9 Å². The monoisotopic (exact) mass is 209 g/mol. The van der Waals surface area contributed by atoms with Gasteiger partial charge < -0.3 is 5.73 Å². The van der Waals surface area contributed by atoms with Crippen LogP contribution in [0.5, 0.6) is 0 Å². The Labute approximate surface area is 92.1 Å². The molecule has 1 aromatic rings. The summed E-state index contributed by atoms with van der Waals surface area (Å²) in [6, 6.07) is 2.27. The lowest BCUT2D eigenvalue weighted by atomic mass is 9.91. The minimum absolute atomic E-state index is 0.0527. The summed E-state index contributed by atoms with van der Waals surface area (Å²) in [6.07, 6.45) is 0. The smallest absolute Gasteiger partial charge is 0.0389 e. The third-order valence-electron chi connectivity index (χ3n) is 2.99. The van der Waals surface area contributed by atoms with Crippen molar-refractivity contribution in [2.24, 2.45) is 5.73 Å². The Hall–Kier alpha value is -0.470. The highest BCUT2D eigenvalue weighted by Gasteiger charge is 2.13. The van der Waals surface area contributed by atoms with Crippen molar-refractivity contribution >= 4 is 12.6 Å². The highest BCUT2D eigenvalue weighted by molar-refractivity contribution is 7.80. The van der Waals surface area contributed by atoms with Crippen LogP contribution in [-0.2, 0) is 0 Å². The van der Waals surface area contributed by atoms with Crippen LogP contribution < -0.4 is 5.73 Å². The van der Waals surface area contributed by atoms with Gasteiger partial charge in [0.15, 0.2) is 0 Å². The molecule has 1 aromatic carbocycles. The van der Waals surface area contributed by atoms with Gasteiger partial charge in [0.2, 0.25) is 0 Å². The maximum absolute atomic E-state index is 6.06. The van der Waals surface area contributed by atoms with Gasteiger partial charge in [0.1, 0.15) is 0 Å². The standard InChI is InChI=1S/C12H19NS/c1-7-5-8(2)10(4)12(9(7)3)11(13)6-14/h5,11,14H,6,13H2,1-4H3. The number of rotatable bonds is 2. The van der Waals surface area contributed by atoms with E-state index in [1.165, 1.54) is 27.8 Å². The first-order valence-electron chi connectivity index (χ1n) is 4.92. The fourth-order valence-corrected chi connectivity index (χ4v) is 2.08. The van der Waals surface area contributed by atoms with Gasteiger partial charge in [0.05, 0.1) is 0 Å². The fourth-order valence-electron chi connectivity index (χ4n) is 1.89. The molecule has 78 valence electrons. The van der Waals surface area contributed by atoms with Crippen LogP contribution in [0, 0.1) is 27.7 Å². The van der Waals surface area contributed by atoms with Crippen molar-refractivity contribution in [2.75, 3.05) is 5.75 Å². The molecule has 0 radical (unpaired) electrons. The maximum atomic E-state index is 6.06. The minimum atomic E-state index is 0.0527. The molecule has 1 rings (SSSR count). The second-order valence-corrected chi connectivity index (χ2v) is 4.33. The summed E-state index contributed by atoms with van der Waals surface area (Å²) in [6.45, 7) is 8.55. The fraction of sp³-hybridized carbons (Fsp3) is 0.500. The van der Waals surface area contributed by atoms with E-state index >= 15 is 0 Å². The zero-order chi connectivity index (χ0) is 10.9. The second kappa shape index (κ2) is 4.37. The van der Waals surface area contributed by atoms with Crippen molar-refractivity contribution in [1.29, 1.82) is 0 Å². The van der Waals surface area contributed by atoms with Gasteiger partial charge in [-0.25, -0.2) is 0 Å². The number of hydrogen-bond donors (Lipinski definition) is 2. The number of benzene rings is 1. The van der Waals surface area contributed by atoms with Gasteiger partial charge in [-0.3, -0.25) is 0 Å². The molecular weight excluding hydrogens is 190 g/mol. The van der Waals surface area contributed by atoms with Crippen molar-refractivity contribution in [3.8, 4) is 0 Å². The first-order chi connectivity index (χ1) is 6.49. The Morgan fingerprint density at radius 1 is 1.14 bits per heavy atom. The van der Waals surface area contributed by atoms with E-state index in [1.807, 2.05) is 0 Å². The largest absolute Gasteiger partial charge is 0.323 e. The van der Waals surface area contributed by atoms with Gasteiger partial charge in [-0.2, -0.15) is 12.6 Å². The predicted molar refractivity (Wildman–Crippen MR) is 66.2 cm³/mol. The van der Waals surface area contributed by atoms with Crippen molar-refractivity contribution < 1.29 is 0 Å². The summed E-state index contributed by atoms with van der Waals surface area (Å²) in [5.74, 6) is 0.699. The molecule has 0 bridgehead atoms. The lowest BCUT2D eigenvalue weighted by Gasteiger charge is -2.19. The second-order valence-electron chi connectivity index (χ2n) is 3.96. The molecule has 1 unspecified atom stereocenters. The zero-order valence-electron chi connectivity index (χ0n) is 9.39. The van der Waals surface area contributed by atoms with E-state index < -0.39 is 0 Å². The molecule has 1 atom stereocenters. The van der Waals surface area contributed by atoms with Gasteiger partial charge in [-0.1, -0.05) is 6.07 Å². The summed E-state index contributed by atoms with van der Waals surface area (Å²) in [5, 5.41) is 0. The summed E-state index contributed by atoms with van der Waals surface area (Å²) >= 11 is 4.26. The molecule has 0 heterocycles. The maximum Gasteiger partial charge on any atom is 0.0389 e. The molecular formula is C12H19NS. The molecule has 2 N–H and O–H groups in total. The molecule has 0 aliphatic rings. The lowest BCUT2D eigenvalue weighted by Crippen LogP contribution is -2.16. The third kappa shape index (κ3) is 1.96. The first kappa shape index (κ1) is 11.6. The van der Waals surface area contributed by atoms with Crippen LogP contribution >= 0.6 is 12.6 Å². The summed E-state index contributed by atoms with van der Waals surface area (Å²) in [7, 11) is 0. The molecule has 0 aromatic heterocycles. The number of nitrogens with two attached hydrogens (primary N) is 1. The van der Waals surface area contributed by atoms with Gasteiger partial charge >= 0.3 is 0 Å². The van der Waals surface area contributed by atoms with E-state index in [4.69, 9.17) is 5.73 Å². The van der Waals surface area contributed by atoms with Crippen LogP contribution in [0.25, 0.3) is 0 Å². The minimum Gasteiger partial charge on any atom is -0.323 e. The quantitative estimate of drug-likeness (QED) is 0.720. The SMILES string of the molecule is Cc1cc(C)c(C)c(C(N)CS)c1C. The number of aryl methyl sites for hydroxylation is 2. The van der Waals surface area contributed by atoms with Crippen LogP contribution in [0.3, 0.4) is 0 Å². The van der Waals surface area contributed by atoms with Gasteiger partial charge in [0.25, 0.3) is 0 Å². The average molecular weight is 209 g/mol. The Kier molecular flexibility index (Phi) is 3.62. The summed E-state index contributed by atoms with van der Waals surface area (Å²) in [5.41, 5.74) is 12.6. The van der Waals surface area contributed by atoms with E-state index in [1.54, 1.807) is 0 Å². The lowest BCUT2D eigenvalue weighted by molar-refractivity contribution is 0.811. The summed E-state index contributed by atoms with van der Waals surface area (Å²) in [4.78, 5) is 0. The van der Waals surface area contributed by atoms with Gasteiger partial charge in [-0.05, 0) is 55.5 Å². The van der Waals surface area contributed by atoms with Crippen LogP contribution in [0.2, 0.25) is 0 Å². The topological polar surface area (TPSA) is 26.0 Å². The van der Waals surface area contributed by atoms with Crippen LogP contribution in [0.4, 0.5) is 0 Å². The van der Waals surface area contributed by atoms with Crippen LogP contribution in [0.15, 0.2) is 6.07 Å². The molecule has 0 aliphatic carbocycles. The number of hydrogen-bond acceptors (Lipinski definition) is 2. The first-order valence-corrected chi connectivity index (χ1v) is 5.56. The molecule has 0 amide bonds. The number of thiol groups is 1. The summed E-state index contributed by atoms with van der Waals surface area (Å²) < 4.78 is 0. The average Bonchev–Trinajstić information content (AvgIpc) is 2.15. The van der Waals surface area contributed by atoms with Crippen LogP contribution in [0.1, 0.15) is 33.9 Å². The third-order valence-corrected chi connectivity index (χ3v) is 3.38. The molecule has 0 spiro atoms. The molecule has 0 fully saturated rings. The van der Waals surface area contributed by atoms with E-state index in [2.05, 4.69) is 46.4 Å². The van der Waals surface area contributed by atoms with E-state index in [9.17, 15) is 0 Å². The Morgan fingerprint density at radius 3 is 1.93 bits per heavy atom. The normalized spacial score (nSPS) is 13.0. The van der Waals surface area contributed by atoms with Crippen LogP contribution in [-0.4, -0.2) is 5.75 Å². The molecule has 0 saturated heterocycles. The highest BCUT2D eigenvalue weighted by atomic mass is 32.1. The van der Waals surface area contributed by atoms with Gasteiger partial charge in [-0.15, -0.1) is 0 Å². The van der Waals surface area contributed by atoms with E-state index in [-0.39, 0.29) is 6.04 Å². The van der Waals surface area contributed by atoms with E-state index in [0.29, 0.717) is 5.75 Å². The molecule has 0 aliphatic heterocycles. The van der Waals surface area contributed by atoms with E-state index in [0.717, 1.165) is 0 Å². The molecule has 2 heteroatoms. The Bertz CT molecular complexity index is 318. The van der Waals surface area contributed by atoms with Crippen molar-refractivity contribution in [1.82, 2.24) is 0 Å². The van der Waals surface area contributed by atoms with Crippen molar-refractivity contribution in [2.45, 2.75) is 33.7 Å². The molecule has 14 heavy (non-hydrogen) atoms. The Balaban J connectivity index is 3.39. The Morgan fingerprint density at radius 2 is 1.57 bits per heavy atom. The highest BCUT2D eigenvalue weighted by Crippen LogP contribution is 2.26. The zero-order valence-corrected chi connectivity index (χ0v) is 10.3. The van der Waals surface area contributed by atoms with Gasteiger partial charge in [0, 0.05) is 11.8 Å². The van der Waals surface area contributed by atoms with Crippen molar-refractivity contribution in [3.63, 3.8) is 0 Å². The molecule has 0 saturated carbocycles. The molecule has 1 nitrogen and oxygen atoms in total.